The molecule has 4 nitrogen and oxygen atoms in total. The van der Waals surface area contributed by atoms with Crippen LogP contribution in [0.2, 0.25) is 0 Å². The SMILES string of the molecule is CNC(C)c1ccn(Cc2ccn(C(C)C)n2)c1. The summed E-state index contributed by atoms with van der Waals surface area (Å²) in [6, 6.07) is 5.05. The van der Waals surface area contributed by atoms with Gasteiger partial charge in [-0.2, -0.15) is 5.10 Å². The van der Waals surface area contributed by atoms with E-state index < -0.39 is 0 Å². The third kappa shape index (κ3) is 2.82. The molecule has 0 aliphatic carbocycles. The van der Waals surface area contributed by atoms with Gasteiger partial charge in [-0.1, -0.05) is 0 Å². The van der Waals surface area contributed by atoms with E-state index in [0.717, 1.165) is 12.2 Å². The Morgan fingerprint density at radius 3 is 2.61 bits per heavy atom. The van der Waals surface area contributed by atoms with Crippen LogP contribution in [0.15, 0.2) is 30.7 Å². The molecule has 0 saturated carbocycles. The van der Waals surface area contributed by atoms with Crippen LogP contribution in [0.4, 0.5) is 0 Å². The molecule has 2 heterocycles. The standard InChI is InChI=1S/C14H22N4/c1-11(2)18-8-6-14(16-18)10-17-7-5-13(9-17)12(3)15-4/h5-9,11-12,15H,10H2,1-4H3. The van der Waals surface area contributed by atoms with Gasteiger partial charge in [-0.25, -0.2) is 0 Å². The molecule has 2 aromatic heterocycles. The largest absolute Gasteiger partial charge is 0.348 e. The number of nitrogens with one attached hydrogen (secondary N) is 1. The van der Waals surface area contributed by atoms with E-state index in [0.29, 0.717) is 12.1 Å². The molecule has 0 bridgehead atoms. The van der Waals surface area contributed by atoms with Crippen molar-refractivity contribution in [2.75, 3.05) is 7.05 Å². The maximum atomic E-state index is 4.56. The van der Waals surface area contributed by atoms with Crippen molar-refractivity contribution in [2.45, 2.75) is 39.4 Å². The van der Waals surface area contributed by atoms with E-state index in [4.69, 9.17) is 0 Å². The summed E-state index contributed by atoms with van der Waals surface area (Å²) in [6.07, 6.45) is 6.33. The first-order valence-electron chi connectivity index (χ1n) is 6.47. The van der Waals surface area contributed by atoms with Gasteiger partial charge in [0.25, 0.3) is 0 Å². The van der Waals surface area contributed by atoms with Crippen LogP contribution in [-0.2, 0) is 6.54 Å². The number of aromatic nitrogens is 3. The highest BCUT2D eigenvalue weighted by molar-refractivity contribution is 5.15. The Hall–Kier alpha value is -1.55. The van der Waals surface area contributed by atoms with Crippen molar-refractivity contribution in [3.8, 4) is 0 Å². The van der Waals surface area contributed by atoms with Crippen LogP contribution in [0.3, 0.4) is 0 Å². The lowest BCUT2D eigenvalue weighted by molar-refractivity contribution is 0.523. The minimum atomic E-state index is 0.388. The summed E-state index contributed by atoms with van der Waals surface area (Å²) in [4.78, 5) is 0. The zero-order chi connectivity index (χ0) is 13.1. The van der Waals surface area contributed by atoms with Crippen molar-refractivity contribution >= 4 is 0 Å². The second kappa shape index (κ2) is 5.40. The van der Waals surface area contributed by atoms with Crippen molar-refractivity contribution in [1.29, 1.82) is 0 Å². The maximum Gasteiger partial charge on any atom is 0.0821 e. The molecule has 0 aliphatic rings. The lowest BCUT2D eigenvalue weighted by Crippen LogP contribution is -2.11. The molecule has 1 unspecified atom stereocenters. The minimum Gasteiger partial charge on any atom is -0.348 e. The van der Waals surface area contributed by atoms with Gasteiger partial charge in [0, 0.05) is 30.7 Å². The van der Waals surface area contributed by atoms with Gasteiger partial charge in [-0.3, -0.25) is 4.68 Å². The molecule has 1 atom stereocenters. The van der Waals surface area contributed by atoms with Gasteiger partial charge in [0.2, 0.25) is 0 Å². The molecule has 2 aromatic rings. The molecule has 0 fully saturated rings. The number of rotatable bonds is 5. The Labute approximate surface area is 109 Å². The molecule has 2 rings (SSSR count). The molecular weight excluding hydrogens is 224 g/mol. The van der Waals surface area contributed by atoms with Crippen molar-refractivity contribution in [3.05, 3.63) is 42.0 Å². The van der Waals surface area contributed by atoms with E-state index in [1.165, 1.54) is 5.56 Å². The average molecular weight is 246 g/mol. The van der Waals surface area contributed by atoms with Gasteiger partial charge in [0.15, 0.2) is 0 Å². The zero-order valence-electron chi connectivity index (χ0n) is 11.6. The summed E-state index contributed by atoms with van der Waals surface area (Å²) in [7, 11) is 1.98. The minimum absolute atomic E-state index is 0.388. The number of hydrogen-bond acceptors (Lipinski definition) is 2. The molecule has 0 aromatic carbocycles. The van der Waals surface area contributed by atoms with E-state index in [1.807, 2.05) is 17.9 Å². The quantitative estimate of drug-likeness (QED) is 0.880. The van der Waals surface area contributed by atoms with Gasteiger partial charge < -0.3 is 9.88 Å². The first-order chi connectivity index (χ1) is 8.60. The van der Waals surface area contributed by atoms with E-state index in [-0.39, 0.29) is 0 Å². The van der Waals surface area contributed by atoms with Crippen molar-refractivity contribution in [3.63, 3.8) is 0 Å². The first kappa shape index (κ1) is 12.9. The summed E-state index contributed by atoms with van der Waals surface area (Å²) in [6.45, 7) is 7.27. The summed E-state index contributed by atoms with van der Waals surface area (Å²) in [5.41, 5.74) is 2.41. The molecular formula is C14H22N4. The molecule has 1 N–H and O–H groups in total. The number of hydrogen-bond donors (Lipinski definition) is 1. The molecule has 18 heavy (non-hydrogen) atoms. The van der Waals surface area contributed by atoms with Crippen LogP contribution < -0.4 is 5.32 Å². The highest BCUT2D eigenvalue weighted by atomic mass is 15.3. The predicted octanol–water partition coefficient (Wildman–Crippen LogP) is 2.59. The van der Waals surface area contributed by atoms with Gasteiger partial charge >= 0.3 is 0 Å². The van der Waals surface area contributed by atoms with Crippen LogP contribution in [0.25, 0.3) is 0 Å². The van der Waals surface area contributed by atoms with Crippen LogP contribution in [0.5, 0.6) is 0 Å². The third-order valence-corrected chi connectivity index (χ3v) is 3.24. The molecule has 4 heteroatoms. The van der Waals surface area contributed by atoms with Gasteiger partial charge in [-0.05, 0) is 45.5 Å². The molecule has 0 amide bonds. The Morgan fingerprint density at radius 1 is 1.22 bits per heavy atom. The smallest absolute Gasteiger partial charge is 0.0821 e. The summed E-state index contributed by atoms with van der Waals surface area (Å²) < 4.78 is 4.17. The second-order valence-electron chi connectivity index (χ2n) is 5.01. The number of nitrogens with zero attached hydrogens (tertiary/aromatic N) is 3. The van der Waals surface area contributed by atoms with Crippen molar-refractivity contribution < 1.29 is 0 Å². The normalized spacial score (nSPS) is 13.2. The fourth-order valence-electron chi connectivity index (χ4n) is 1.92. The van der Waals surface area contributed by atoms with E-state index >= 15 is 0 Å². The van der Waals surface area contributed by atoms with E-state index in [9.17, 15) is 0 Å². The molecule has 98 valence electrons. The third-order valence-electron chi connectivity index (χ3n) is 3.24. The van der Waals surface area contributed by atoms with Gasteiger partial charge in [-0.15, -0.1) is 0 Å². The highest BCUT2D eigenvalue weighted by Gasteiger charge is 2.06. The van der Waals surface area contributed by atoms with Crippen molar-refractivity contribution in [1.82, 2.24) is 19.7 Å². The Kier molecular flexibility index (Phi) is 3.87. The lowest BCUT2D eigenvalue weighted by Gasteiger charge is -2.07. The second-order valence-corrected chi connectivity index (χ2v) is 5.01. The maximum absolute atomic E-state index is 4.56. The van der Waals surface area contributed by atoms with Gasteiger partial charge in [0.1, 0.15) is 0 Å². The predicted molar refractivity (Wildman–Crippen MR) is 73.6 cm³/mol. The Bertz CT molecular complexity index is 495. The summed E-state index contributed by atoms with van der Waals surface area (Å²) >= 11 is 0. The molecule has 0 saturated heterocycles. The average Bonchev–Trinajstić information content (AvgIpc) is 2.98. The van der Waals surface area contributed by atoms with E-state index in [1.54, 1.807) is 0 Å². The Morgan fingerprint density at radius 2 is 2.00 bits per heavy atom. The van der Waals surface area contributed by atoms with Crippen molar-refractivity contribution in [2.24, 2.45) is 0 Å². The lowest BCUT2D eigenvalue weighted by atomic mass is 10.2. The van der Waals surface area contributed by atoms with E-state index in [2.05, 4.69) is 60.3 Å². The molecule has 0 aliphatic heterocycles. The Balaban J connectivity index is 2.06. The monoisotopic (exact) mass is 246 g/mol. The summed E-state index contributed by atoms with van der Waals surface area (Å²) in [5.74, 6) is 0. The summed E-state index contributed by atoms with van der Waals surface area (Å²) in [5, 5.41) is 7.80. The van der Waals surface area contributed by atoms with Crippen LogP contribution in [-0.4, -0.2) is 21.4 Å². The van der Waals surface area contributed by atoms with Crippen LogP contribution in [0, 0.1) is 0 Å². The zero-order valence-corrected chi connectivity index (χ0v) is 11.6. The first-order valence-corrected chi connectivity index (χ1v) is 6.47. The van der Waals surface area contributed by atoms with Gasteiger partial charge in [0.05, 0.1) is 12.2 Å². The fourth-order valence-corrected chi connectivity index (χ4v) is 1.92. The topological polar surface area (TPSA) is 34.8 Å². The van der Waals surface area contributed by atoms with Crippen LogP contribution >= 0.6 is 0 Å². The fraction of sp³-hybridized carbons (Fsp3) is 0.500. The molecule has 0 radical (unpaired) electrons. The molecule has 0 spiro atoms. The van der Waals surface area contributed by atoms with Crippen LogP contribution in [0.1, 0.15) is 44.1 Å². The highest BCUT2D eigenvalue weighted by Crippen LogP contribution is 2.13.